The zero-order valence-corrected chi connectivity index (χ0v) is 19.7. The van der Waals surface area contributed by atoms with E-state index in [0.29, 0.717) is 34.5 Å². The molecule has 0 aromatic carbocycles. The van der Waals surface area contributed by atoms with Gasteiger partial charge in [0.2, 0.25) is 0 Å². The second-order valence-electron chi connectivity index (χ2n) is 9.27. The Labute approximate surface area is 201 Å². The largest absolute Gasteiger partial charge is 0.355 e. The van der Waals surface area contributed by atoms with Gasteiger partial charge in [-0.1, -0.05) is 0 Å². The molecule has 0 amide bonds. The molecule has 1 aliphatic heterocycles. The molecule has 35 heavy (non-hydrogen) atoms. The van der Waals surface area contributed by atoms with Gasteiger partial charge in [-0.25, -0.2) is 14.4 Å². The summed E-state index contributed by atoms with van der Waals surface area (Å²) in [6.45, 7) is 2.63. The Bertz CT molecular complexity index is 1510. The number of nitrogens with zero attached hydrogens (tertiary/aromatic N) is 7. The van der Waals surface area contributed by atoms with E-state index in [4.69, 9.17) is 4.98 Å². The van der Waals surface area contributed by atoms with Crippen LogP contribution in [0.2, 0.25) is 0 Å². The highest BCUT2D eigenvalue weighted by atomic mass is 19.1. The summed E-state index contributed by atoms with van der Waals surface area (Å²) in [6, 6.07) is 3.81. The Morgan fingerprint density at radius 1 is 1.03 bits per heavy atom. The summed E-state index contributed by atoms with van der Waals surface area (Å²) in [5, 5.41) is 7.65. The Morgan fingerprint density at radius 2 is 1.89 bits per heavy atom. The number of halogens is 1. The third-order valence-electron chi connectivity index (χ3n) is 6.37. The van der Waals surface area contributed by atoms with Crippen molar-refractivity contribution in [3.63, 3.8) is 0 Å². The monoisotopic (exact) mass is 471 g/mol. The van der Waals surface area contributed by atoms with Crippen LogP contribution in [0.5, 0.6) is 0 Å². The molecule has 1 fully saturated rings. The summed E-state index contributed by atoms with van der Waals surface area (Å²) < 4.78 is 15.9. The van der Waals surface area contributed by atoms with Gasteiger partial charge in [0.15, 0.2) is 17.5 Å². The molecule has 6 heterocycles. The maximum Gasteiger partial charge on any atom is 0.161 e. The summed E-state index contributed by atoms with van der Waals surface area (Å²) in [5.74, 6) is 0.897. The fourth-order valence-electron chi connectivity index (χ4n) is 4.79. The molecular weight excluding hydrogens is 445 g/mol. The van der Waals surface area contributed by atoms with Gasteiger partial charge in [-0.2, -0.15) is 5.10 Å². The molecule has 10 heteroatoms. The van der Waals surface area contributed by atoms with E-state index in [0.717, 1.165) is 48.3 Å². The normalized spacial score (nSPS) is 14.5. The molecule has 0 radical (unpaired) electrons. The van der Waals surface area contributed by atoms with Gasteiger partial charge in [0.25, 0.3) is 0 Å². The number of anilines is 1. The molecule has 178 valence electrons. The lowest BCUT2D eigenvalue weighted by molar-refractivity contribution is 0.402. The third kappa shape index (κ3) is 3.89. The minimum atomic E-state index is -0.454. The van der Waals surface area contributed by atoms with E-state index in [2.05, 4.69) is 35.0 Å². The van der Waals surface area contributed by atoms with Gasteiger partial charge in [0, 0.05) is 43.8 Å². The molecular formula is C25H26FN9. The van der Waals surface area contributed by atoms with Crippen molar-refractivity contribution in [2.75, 3.05) is 32.1 Å². The van der Waals surface area contributed by atoms with Crippen molar-refractivity contribution in [2.45, 2.75) is 25.8 Å². The first-order chi connectivity index (χ1) is 17.1. The van der Waals surface area contributed by atoms with Crippen molar-refractivity contribution in [1.82, 2.24) is 40.0 Å². The van der Waals surface area contributed by atoms with E-state index in [1.807, 2.05) is 31.1 Å². The van der Waals surface area contributed by atoms with Crippen LogP contribution in [-0.4, -0.2) is 67.2 Å². The van der Waals surface area contributed by atoms with Crippen LogP contribution in [0.15, 0.2) is 36.9 Å². The van der Waals surface area contributed by atoms with Gasteiger partial charge in [-0.15, -0.1) is 0 Å². The molecule has 0 unspecified atom stereocenters. The number of aromatic amines is 2. The van der Waals surface area contributed by atoms with Gasteiger partial charge in [-0.3, -0.25) is 15.1 Å². The fourth-order valence-corrected chi connectivity index (χ4v) is 4.79. The summed E-state index contributed by atoms with van der Waals surface area (Å²) in [6.07, 6.45) is 10.3. The second kappa shape index (κ2) is 8.70. The number of rotatable bonds is 5. The number of piperidine rings is 1. The van der Waals surface area contributed by atoms with E-state index < -0.39 is 5.82 Å². The minimum absolute atomic E-state index is 0.236. The third-order valence-corrected chi connectivity index (χ3v) is 6.37. The number of nitrogens with one attached hydrogen (secondary N) is 2. The molecule has 0 bridgehead atoms. The fraction of sp³-hybridized carbons (Fsp3) is 0.320. The van der Waals surface area contributed by atoms with Crippen LogP contribution in [0.4, 0.5) is 10.2 Å². The highest BCUT2D eigenvalue weighted by Gasteiger charge is 2.23. The molecule has 2 N–H and O–H groups in total. The Balaban J connectivity index is 1.45. The predicted molar refractivity (Wildman–Crippen MR) is 133 cm³/mol. The standard InChI is InChI=1S/C25H26FN9/c1-34(2)14-15-10-16(12-27-11-15)21-20(26)19-18(13-29-21)32-33-23(19)24-30-17-6-7-28-25(22(17)31-24)35-8-4-3-5-9-35/h6-7,10-13H,3-5,8-9,14H2,1-2H3,(H,30,31)(H,32,33). The summed E-state index contributed by atoms with van der Waals surface area (Å²) in [7, 11) is 3.96. The maximum absolute atomic E-state index is 15.9. The number of fused-ring (bicyclic) bond motifs is 2. The molecule has 5 aromatic rings. The van der Waals surface area contributed by atoms with Gasteiger partial charge >= 0.3 is 0 Å². The number of hydrogen-bond acceptors (Lipinski definition) is 7. The lowest BCUT2D eigenvalue weighted by atomic mass is 10.1. The molecule has 1 aliphatic rings. The summed E-state index contributed by atoms with van der Waals surface area (Å²) >= 11 is 0. The van der Waals surface area contributed by atoms with Gasteiger partial charge in [-0.05, 0) is 51.1 Å². The van der Waals surface area contributed by atoms with E-state index in [9.17, 15) is 0 Å². The SMILES string of the molecule is CN(C)Cc1cncc(-c2ncc3[nH]nc(-c4nc5c(N6CCCCC6)nccc5[nH]4)c3c2F)c1. The molecule has 9 nitrogen and oxygen atoms in total. The highest BCUT2D eigenvalue weighted by Crippen LogP contribution is 2.34. The van der Waals surface area contributed by atoms with Gasteiger partial charge < -0.3 is 14.8 Å². The minimum Gasteiger partial charge on any atom is -0.355 e. The molecule has 0 aliphatic carbocycles. The van der Waals surface area contributed by atoms with Crippen molar-refractivity contribution in [3.8, 4) is 22.8 Å². The molecule has 5 aromatic heterocycles. The van der Waals surface area contributed by atoms with E-state index in [1.165, 1.54) is 6.42 Å². The number of H-pyrrole nitrogens is 2. The van der Waals surface area contributed by atoms with E-state index >= 15 is 4.39 Å². The number of pyridine rings is 3. The van der Waals surface area contributed by atoms with Crippen LogP contribution >= 0.6 is 0 Å². The van der Waals surface area contributed by atoms with Crippen LogP contribution < -0.4 is 4.90 Å². The molecule has 0 spiro atoms. The molecule has 0 saturated carbocycles. The zero-order valence-electron chi connectivity index (χ0n) is 19.7. The first-order valence-corrected chi connectivity index (χ1v) is 11.8. The van der Waals surface area contributed by atoms with Gasteiger partial charge in [0.1, 0.15) is 16.9 Å². The van der Waals surface area contributed by atoms with Gasteiger partial charge in [0.05, 0.1) is 22.6 Å². The predicted octanol–water partition coefficient (Wildman–Crippen LogP) is 4.15. The van der Waals surface area contributed by atoms with Crippen molar-refractivity contribution in [1.29, 1.82) is 0 Å². The summed E-state index contributed by atoms with van der Waals surface area (Å²) in [4.78, 5) is 25.7. The van der Waals surface area contributed by atoms with Crippen LogP contribution in [0.3, 0.4) is 0 Å². The van der Waals surface area contributed by atoms with Crippen LogP contribution in [0.1, 0.15) is 24.8 Å². The van der Waals surface area contributed by atoms with Crippen molar-refractivity contribution < 1.29 is 4.39 Å². The van der Waals surface area contributed by atoms with Crippen molar-refractivity contribution in [2.24, 2.45) is 0 Å². The Hall–Kier alpha value is -3.92. The van der Waals surface area contributed by atoms with E-state index in [-0.39, 0.29) is 5.69 Å². The topological polar surface area (TPSA) is 103 Å². The number of aromatic nitrogens is 7. The summed E-state index contributed by atoms with van der Waals surface area (Å²) in [5.41, 5.74) is 4.39. The van der Waals surface area contributed by atoms with Crippen LogP contribution in [0, 0.1) is 5.82 Å². The lowest BCUT2D eigenvalue weighted by Crippen LogP contribution is -2.30. The average molecular weight is 472 g/mol. The smallest absolute Gasteiger partial charge is 0.161 e. The second-order valence-corrected chi connectivity index (χ2v) is 9.27. The maximum atomic E-state index is 15.9. The average Bonchev–Trinajstić information content (AvgIpc) is 3.49. The highest BCUT2D eigenvalue weighted by molar-refractivity contribution is 5.96. The number of hydrogen-bond donors (Lipinski definition) is 2. The van der Waals surface area contributed by atoms with Crippen molar-refractivity contribution in [3.05, 3.63) is 48.3 Å². The molecule has 0 atom stereocenters. The Kier molecular flexibility index (Phi) is 5.37. The zero-order chi connectivity index (χ0) is 23.9. The van der Waals surface area contributed by atoms with Crippen molar-refractivity contribution >= 4 is 27.8 Å². The first kappa shape index (κ1) is 21.6. The first-order valence-electron chi connectivity index (χ1n) is 11.8. The lowest BCUT2D eigenvalue weighted by Gasteiger charge is -2.27. The Morgan fingerprint density at radius 3 is 2.71 bits per heavy atom. The van der Waals surface area contributed by atoms with E-state index in [1.54, 1.807) is 24.8 Å². The molecule has 6 rings (SSSR count). The van der Waals surface area contributed by atoms with Crippen LogP contribution in [-0.2, 0) is 6.54 Å². The number of imidazole rings is 1. The van der Waals surface area contributed by atoms with Crippen LogP contribution in [0.25, 0.3) is 44.7 Å². The molecule has 1 saturated heterocycles. The quantitative estimate of drug-likeness (QED) is 0.397.